The molecule has 3 nitrogen and oxygen atoms in total. The van der Waals surface area contributed by atoms with Gasteiger partial charge in [-0.15, -0.1) is 0 Å². The molecule has 0 aromatic heterocycles. The van der Waals surface area contributed by atoms with Crippen LogP contribution in [0.5, 0.6) is 0 Å². The van der Waals surface area contributed by atoms with E-state index in [1.807, 2.05) is 6.34 Å². The van der Waals surface area contributed by atoms with Crippen molar-refractivity contribution >= 4 is 6.34 Å². The lowest BCUT2D eigenvalue weighted by Crippen LogP contribution is -2.39. The zero-order valence-electron chi connectivity index (χ0n) is 7.16. The van der Waals surface area contributed by atoms with Gasteiger partial charge in [0.15, 0.2) is 0 Å². The van der Waals surface area contributed by atoms with Crippen LogP contribution >= 0.6 is 0 Å². The molecule has 3 heteroatoms. The van der Waals surface area contributed by atoms with E-state index < -0.39 is 0 Å². The summed E-state index contributed by atoms with van der Waals surface area (Å²) in [6.07, 6.45) is 5.59. The molecule has 1 aliphatic rings. The number of unbranched alkanes of at least 4 members (excludes halogenated alkanes) is 1. The number of rotatable bonds is 4. The Hall–Kier alpha value is -0.570. The predicted molar refractivity (Wildman–Crippen MR) is 47.6 cm³/mol. The molecule has 64 valence electrons. The molecule has 0 amide bonds. The zero-order chi connectivity index (χ0) is 8.10. The maximum atomic E-state index is 5.90. The number of nitrogens with zero attached hydrogens (tertiary/aromatic N) is 2. The molecular formula is C8H17N3. The van der Waals surface area contributed by atoms with E-state index in [4.69, 9.17) is 5.73 Å². The van der Waals surface area contributed by atoms with Gasteiger partial charge in [-0.2, -0.15) is 0 Å². The van der Waals surface area contributed by atoms with Gasteiger partial charge in [0, 0.05) is 6.54 Å². The SMILES string of the molecule is CCCCC(N)N1C=NCC1. The summed E-state index contributed by atoms with van der Waals surface area (Å²) >= 11 is 0. The highest BCUT2D eigenvalue weighted by Crippen LogP contribution is 2.04. The lowest BCUT2D eigenvalue weighted by molar-refractivity contribution is 0.326. The van der Waals surface area contributed by atoms with Gasteiger partial charge in [-0.25, -0.2) is 0 Å². The first-order chi connectivity index (χ1) is 5.34. The van der Waals surface area contributed by atoms with Crippen molar-refractivity contribution in [1.82, 2.24) is 4.90 Å². The Balaban J connectivity index is 2.17. The van der Waals surface area contributed by atoms with Gasteiger partial charge in [-0.05, 0) is 6.42 Å². The summed E-state index contributed by atoms with van der Waals surface area (Å²) in [5, 5.41) is 0. The fourth-order valence-corrected chi connectivity index (χ4v) is 1.22. The number of hydrogen-bond acceptors (Lipinski definition) is 3. The minimum absolute atomic E-state index is 0.196. The first-order valence-electron chi connectivity index (χ1n) is 4.36. The van der Waals surface area contributed by atoms with Crippen LogP contribution in [0.1, 0.15) is 26.2 Å². The molecule has 0 radical (unpaired) electrons. The van der Waals surface area contributed by atoms with Crippen LogP contribution in [0.15, 0.2) is 4.99 Å². The molecule has 0 aromatic carbocycles. The summed E-state index contributed by atoms with van der Waals surface area (Å²) in [7, 11) is 0. The number of hydrogen-bond donors (Lipinski definition) is 1. The highest BCUT2D eigenvalue weighted by molar-refractivity contribution is 5.57. The van der Waals surface area contributed by atoms with Gasteiger partial charge in [-0.1, -0.05) is 19.8 Å². The van der Waals surface area contributed by atoms with E-state index in [1.165, 1.54) is 12.8 Å². The third-order valence-electron chi connectivity index (χ3n) is 2.00. The van der Waals surface area contributed by atoms with E-state index in [0.29, 0.717) is 0 Å². The highest BCUT2D eigenvalue weighted by Gasteiger charge is 2.12. The van der Waals surface area contributed by atoms with Crippen LogP contribution in [-0.4, -0.2) is 30.5 Å². The molecule has 0 fully saturated rings. The molecule has 11 heavy (non-hydrogen) atoms. The van der Waals surface area contributed by atoms with Crippen LogP contribution < -0.4 is 5.73 Å². The van der Waals surface area contributed by atoms with Crippen molar-refractivity contribution in [3.63, 3.8) is 0 Å². The van der Waals surface area contributed by atoms with Gasteiger partial charge in [0.1, 0.15) is 0 Å². The minimum atomic E-state index is 0.196. The molecule has 0 saturated heterocycles. The van der Waals surface area contributed by atoms with Crippen molar-refractivity contribution in [2.24, 2.45) is 10.7 Å². The first kappa shape index (κ1) is 8.53. The molecule has 0 aromatic rings. The average Bonchev–Trinajstić information content (AvgIpc) is 2.52. The Morgan fingerprint density at radius 1 is 1.73 bits per heavy atom. The number of nitrogens with two attached hydrogens (primary N) is 1. The van der Waals surface area contributed by atoms with Crippen LogP contribution in [0.4, 0.5) is 0 Å². The van der Waals surface area contributed by atoms with Crippen LogP contribution in [0, 0.1) is 0 Å². The third-order valence-corrected chi connectivity index (χ3v) is 2.00. The molecule has 2 N–H and O–H groups in total. The van der Waals surface area contributed by atoms with E-state index in [0.717, 1.165) is 19.5 Å². The van der Waals surface area contributed by atoms with Crippen LogP contribution in [0.3, 0.4) is 0 Å². The third kappa shape index (κ3) is 2.50. The highest BCUT2D eigenvalue weighted by atomic mass is 15.3. The maximum absolute atomic E-state index is 5.90. The van der Waals surface area contributed by atoms with Crippen molar-refractivity contribution in [1.29, 1.82) is 0 Å². The molecule has 1 unspecified atom stereocenters. The molecule has 0 bridgehead atoms. The van der Waals surface area contributed by atoms with Gasteiger partial charge in [0.25, 0.3) is 0 Å². The molecule has 1 heterocycles. The summed E-state index contributed by atoms with van der Waals surface area (Å²) < 4.78 is 0. The molecule has 1 rings (SSSR count). The second kappa shape index (κ2) is 4.34. The lowest BCUT2D eigenvalue weighted by atomic mass is 10.2. The Labute approximate surface area is 68.3 Å². The summed E-state index contributed by atoms with van der Waals surface area (Å²) in [5.74, 6) is 0. The van der Waals surface area contributed by atoms with Crippen molar-refractivity contribution in [2.75, 3.05) is 13.1 Å². The van der Waals surface area contributed by atoms with Gasteiger partial charge in [0.05, 0.1) is 19.0 Å². The minimum Gasteiger partial charge on any atom is -0.346 e. The first-order valence-corrected chi connectivity index (χ1v) is 4.36. The molecule has 0 saturated carbocycles. The Morgan fingerprint density at radius 3 is 3.09 bits per heavy atom. The van der Waals surface area contributed by atoms with Gasteiger partial charge >= 0.3 is 0 Å². The van der Waals surface area contributed by atoms with E-state index in [1.54, 1.807) is 0 Å². The molecule has 0 aliphatic carbocycles. The van der Waals surface area contributed by atoms with E-state index >= 15 is 0 Å². The summed E-state index contributed by atoms with van der Waals surface area (Å²) in [5.41, 5.74) is 5.90. The monoisotopic (exact) mass is 155 g/mol. The average molecular weight is 155 g/mol. The van der Waals surface area contributed by atoms with Crippen molar-refractivity contribution in [3.05, 3.63) is 0 Å². The van der Waals surface area contributed by atoms with Crippen LogP contribution in [0.2, 0.25) is 0 Å². The van der Waals surface area contributed by atoms with Crippen LogP contribution in [-0.2, 0) is 0 Å². The standard InChI is InChI=1S/C8H17N3/c1-2-3-4-8(9)11-6-5-10-7-11/h7-8H,2-6,9H2,1H3. The second-order valence-corrected chi connectivity index (χ2v) is 2.97. The van der Waals surface area contributed by atoms with Gasteiger partial charge < -0.3 is 10.6 Å². The van der Waals surface area contributed by atoms with Crippen molar-refractivity contribution in [3.8, 4) is 0 Å². The Kier molecular flexibility index (Phi) is 3.36. The molecule has 0 spiro atoms. The van der Waals surface area contributed by atoms with E-state index in [2.05, 4.69) is 16.8 Å². The van der Waals surface area contributed by atoms with Crippen molar-refractivity contribution < 1.29 is 0 Å². The van der Waals surface area contributed by atoms with E-state index in [9.17, 15) is 0 Å². The smallest absolute Gasteiger partial charge is 0.0863 e. The Bertz CT molecular complexity index is 133. The fourth-order valence-electron chi connectivity index (χ4n) is 1.22. The molecule has 1 aliphatic heterocycles. The normalized spacial score (nSPS) is 19.3. The van der Waals surface area contributed by atoms with Crippen LogP contribution in [0.25, 0.3) is 0 Å². The zero-order valence-corrected chi connectivity index (χ0v) is 7.16. The Morgan fingerprint density at radius 2 is 2.55 bits per heavy atom. The molecule has 1 atom stereocenters. The van der Waals surface area contributed by atoms with E-state index in [-0.39, 0.29) is 6.17 Å². The lowest BCUT2D eigenvalue weighted by Gasteiger charge is -2.22. The number of aliphatic imine (C=N–C) groups is 1. The predicted octanol–water partition coefficient (Wildman–Crippen LogP) is 0.805. The fraction of sp³-hybridized carbons (Fsp3) is 0.875. The quantitative estimate of drug-likeness (QED) is 0.652. The van der Waals surface area contributed by atoms with Crippen molar-refractivity contribution in [2.45, 2.75) is 32.4 Å². The van der Waals surface area contributed by atoms with Gasteiger partial charge in [-0.3, -0.25) is 4.99 Å². The summed E-state index contributed by atoms with van der Waals surface area (Å²) in [6.45, 7) is 4.11. The maximum Gasteiger partial charge on any atom is 0.0863 e. The topological polar surface area (TPSA) is 41.6 Å². The molecular weight excluding hydrogens is 138 g/mol. The summed E-state index contributed by atoms with van der Waals surface area (Å²) in [4.78, 5) is 6.24. The summed E-state index contributed by atoms with van der Waals surface area (Å²) in [6, 6.07) is 0. The second-order valence-electron chi connectivity index (χ2n) is 2.97. The van der Waals surface area contributed by atoms with Gasteiger partial charge in [0.2, 0.25) is 0 Å². The largest absolute Gasteiger partial charge is 0.346 e.